The molecule has 0 spiro atoms. The molecule has 3 rings (SSSR count). The van der Waals surface area contributed by atoms with E-state index in [9.17, 15) is 4.79 Å². The van der Waals surface area contributed by atoms with Gasteiger partial charge in [-0.3, -0.25) is 4.79 Å². The van der Waals surface area contributed by atoms with Crippen molar-refractivity contribution in [2.75, 3.05) is 0 Å². The van der Waals surface area contributed by atoms with Crippen LogP contribution in [0.4, 0.5) is 0 Å². The van der Waals surface area contributed by atoms with Gasteiger partial charge in [-0.1, -0.05) is 55.8 Å². The molecule has 0 atom stereocenters. The third kappa shape index (κ3) is 4.29. The molecule has 1 heterocycles. The van der Waals surface area contributed by atoms with Gasteiger partial charge in [-0.15, -0.1) is 10.2 Å². The standard InChI is InChI=1S/C21H20N2O2/c1-2-3-7-19(17-8-5-4-6-9-17)14-20-22-23-21(25-20)18-12-10-16(15-24)11-13-18/h4-6,8-15H,2-3,7H2,1H3/b19-14+. The first kappa shape index (κ1) is 16.8. The molecule has 0 aliphatic carbocycles. The number of aromatic nitrogens is 2. The molecule has 1 aromatic heterocycles. The maximum atomic E-state index is 10.7. The summed E-state index contributed by atoms with van der Waals surface area (Å²) in [4.78, 5) is 10.7. The maximum absolute atomic E-state index is 10.7. The van der Waals surface area contributed by atoms with Crippen molar-refractivity contribution < 1.29 is 9.21 Å². The lowest BCUT2D eigenvalue weighted by Gasteiger charge is -2.06. The zero-order valence-electron chi connectivity index (χ0n) is 14.2. The molecule has 126 valence electrons. The van der Waals surface area contributed by atoms with Crippen LogP contribution in [0, 0.1) is 0 Å². The second kappa shape index (κ2) is 8.20. The number of unbranched alkanes of at least 4 members (excludes halogenated alkanes) is 1. The topological polar surface area (TPSA) is 56.0 Å². The van der Waals surface area contributed by atoms with Crippen molar-refractivity contribution in [3.63, 3.8) is 0 Å². The van der Waals surface area contributed by atoms with Gasteiger partial charge in [0.25, 0.3) is 0 Å². The molecule has 2 aromatic carbocycles. The summed E-state index contributed by atoms with van der Waals surface area (Å²) in [6.45, 7) is 2.18. The highest BCUT2D eigenvalue weighted by molar-refractivity contribution is 5.79. The normalized spacial score (nSPS) is 11.5. The van der Waals surface area contributed by atoms with E-state index in [0.29, 0.717) is 17.3 Å². The Morgan fingerprint density at radius 2 is 1.80 bits per heavy atom. The van der Waals surface area contributed by atoms with Crippen molar-refractivity contribution >= 4 is 17.9 Å². The molecule has 3 aromatic rings. The first-order valence-electron chi connectivity index (χ1n) is 8.45. The Bertz CT molecular complexity index is 849. The van der Waals surface area contributed by atoms with Gasteiger partial charge in [0.1, 0.15) is 6.29 Å². The van der Waals surface area contributed by atoms with Crippen molar-refractivity contribution in [2.45, 2.75) is 26.2 Å². The minimum Gasteiger partial charge on any atom is -0.417 e. The number of carbonyl (C=O) groups excluding carboxylic acids is 1. The quantitative estimate of drug-likeness (QED) is 0.552. The van der Waals surface area contributed by atoms with Crippen LogP contribution in [0.1, 0.15) is 48.0 Å². The summed E-state index contributed by atoms with van der Waals surface area (Å²) >= 11 is 0. The SMILES string of the molecule is CCCC/C(=C\c1nnc(-c2ccc(C=O)cc2)o1)c1ccccc1. The van der Waals surface area contributed by atoms with Crippen molar-refractivity contribution in [3.05, 3.63) is 71.6 Å². The summed E-state index contributed by atoms with van der Waals surface area (Å²) in [6, 6.07) is 17.3. The van der Waals surface area contributed by atoms with E-state index in [-0.39, 0.29) is 0 Å². The Kier molecular flexibility index (Phi) is 5.52. The van der Waals surface area contributed by atoms with E-state index in [1.165, 1.54) is 11.1 Å². The van der Waals surface area contributed by atoms with E-state index in [1.54, 1.807) is 24.3 Å². The van der Waals surface area contributed by atoms with Gasteiger partial charge in [0, 0.05) is 17.2 Å². The Morgan fingerprint density at radius 1 is 1.04 bits per heavy atom. The fourth-order valence-corrected chi connectivity index (χ4v) is 2.58. The van der Waals surface area contributed by atoms with Crippen LogP contribution < -0.4 is 0 Å². The molecule has 0 N–H and O–H groups in total. The number of hydrogen-bond donors (Lipinski definition) is 0. The summed E-state index contributed by atoms with van der Waals surface area (Å²) in [6.07, 6.45) is 5.97. The minimum atomic E-state index is 0.451. The average Bonchev–Trinajstić information content (AvgIpc) is 3.14. The largest absolute Gasteiger partial charge is 0.417 e. The Balaban J connectivity index is 1.87. The first-order chi connectivity index (χ1) is 12.3. The number of carbonyl (C=O) groups is 1. The molecule has 4 nitrogen and oxygen atoms in total. The predicted molar refractivity (Wildman–Crippen MR) is 99.0 cm³/mol. The van der Waals surface area contributed by atoms with Gasteiger partial charge >= 0.3 is 0 Å². The summed E-state index contributed by atoms with van der Waals surface area (Å²) in [5.41, 5.74) is 3.78. The molecule has 0 aliphatic rings. The molecular formula is C21H20N2O2. The number of aldehydes is 1. The fraction of sp³-hybridized carbons (Fsp3) is 0.190. The fourth-order valence-electron chi connectivity index (χ4n) is 2.58. The van der Waals surface area contributed by atoms with E-state index in [0.717, 1.165) is 31.1 Å². The van der Waals surface area contributed by atoms with Crippen LogP contribution in [-0.2, 0) is 0 Å². The predicted octanol–water partition coefficient (Wildman–Crippen LogP) is 5.28. The summed E-state index contributed by atoms with van der Waals surface area (Å²) < 4.78 is 5.79. The van der Waals surface area contributed by atoms with Gasteiger partial charge in [-0.25, -0.2) is 0 Å². The molecule has 0 bridgehead atoms. The van der Waals surface area contributed by atoms with Crippen LogP contribution in [0.5, 0.6) is 0 Å². The Labute approximate surface area is 147 Å². The van der Waals surface area contributed by atoms with E-state index >= 15 is 0 Å². The third-order valence-electron chi connectivity index (χ3n) is 3.98. The molecule has 25 heavy (non-hydrogen) atoms. The number of nitrogens with zero attached hydrogens (tertiary/aromatic N) is 2. The van der Waals surface area contributed by atoms with Gasteiger partial charge in [-0.2, -0.15) is 0 Å². The van der Waals surface area contributed by atoms with Crippen molar-refractivity contribution in [2.24, 2.45) is 0 Å². The zero-order valence-corrected chi connectivity index (χ0v) is 14.2. The first-order valence-corrected chi connectivity index (χ1v) is 8.45. The summed E-state index contributed by atoms with van der Waals surface area (Å²) in [5.74, 6) is 0.941. The molecule has 0 saturated heterocycles. The van der Waals surface area contributed by atoms with Crippen LogP contribution in [0.3, 0.4) is 0 Å². The Hall–Kier alpha value is -3.01. The van der Waals surface area contributed by atoms with Crippen LogP contribution in [0.25, 0.3) is 23.1 Å². The molecule has 0 saturated carbocycles. The lowest BCUT2D eigenvalue weighted by atomic mass is 10.00. The van der Waals surface area contributed by atoms with Crippen LogP contribution in [0.2, 0.25) is 0 Å². The monoisotopic (exact) mass is 332 g/mol. The smallest absolute Gasteiger partial charge is 0.248 e. The number of hydrogen-bond acceptors (Lipinski definition) is 4. The highest BCUT2D eigenvalue weighted by Crippen LogP contribution is 2.25. The number of allylic oxidation sites excluding steroid dienone is 1. The molecule has 0 radical (unpaired) electrons. The highest BCUT2D eigenvalue weighted by atomic mass is 16.4. The van der Waals surface area contributed by atoms with E-state index in [2.05, 4.69) is 29.3 Å². The molecule has 0 aliphatic heterocycles. The third-order valence-corrected chi connectivity index (χ3v) is 3.98. The Morgan fingerprint density at radius 3 is 2.48 bits per heavy atom. The summed E-state index contributed by atoms with van der Waals surface area (Å²) in [7, 11) is 0. The van der Waals surface area contributed by atoms with Gasteiger partial charge < -0.3 is 4.42 Å². The van der Waals surface area contributed by atoms with E-state index < -0.39 is 0 Å². The van der Waals surface area contributed by atoms with E-state index in [1.807, 2.05) is 24.3 Å². The van der Waals surface area contributed by atoms with Crippen molar-refractivity contribution in [1.82, 2.24) is 10.2 Å². The van der Waals surface area contributed by atoms with Gasteiger partial charge in [-0.05, 0) is 36.1 Å². The zero-order chi connectivity index (χ0) is 17.5. The van der Waals surface area contributed by atoms with Gasteiger partial charge in [0.15, 0.2) is 0 Å². The molecule has 4 heteroatoms. The lowest BCUT2D eigenvalue weighted by molar-refractivity contribution is 0.112. The van der Waals surface area contributed by atoms with Crippen molar-refractivity contribution in [3.8, 4) is 11.5 Å². The number of rotatable bonds is 7. The van der Waals surface area contributed by atoms with E-state index in [4.69, 9.17) is 4.42 Å². The molecular weight excluding hydrogens is 312 g/mol. The number of benzene rings is 2. The maximum Gasteiger partial charge on any atom is 0.248 e. The van der Waals surface area contributed by atoms with Crippen LogP contribution in [-0.4, -0.2) is 16.5 Å². The van der Waals surface area contributed by atoms with Crippen LogP contribution >= 0.6 is 0 Å². The van der Waals surface area contributed by atoms with Gasteiger partial charge in [0.2, 0.25) is 11.8 Å². The van der Waals surface area contributed by atoms with Gasteiger partial charge in [0.05, 0.1) is 0 Å². The van der Waals surface area contributed by atoms with Crippen LogP contribution in [0.15, 0.2) is 59.0 Å². The molecule has 0 amide bonds. The minimum absolute atomic E-state index is 0.451. The van der Waals surface area contributed by atoms with Crippen molar-refractivity contribution in [1.29, 1.82) is 0 Å². The molecule has 0 fully saturated rings. The second-order valence-corrected chi connectivity index (χ2v) is 5.82. The second-order valence-electron chi connectivity index (χ2n) is 5.82. The lowest BCUT2D eigenvalue weighted by Crippen LogP contribution is -1.86. The molecule has 0 unspecified atom stereocenters. The highest BCUT2D eigenvalue weighted by Gasteiger charge is 2.09. The average molecular weight is 332 g/mol. The summed E-state index contributed by atoms with van der Waals surface area (Å²) in [5, 5.41) is 8.27.